The number of aromatic nitrogens is 2. The van der Waals surface area contributed by atoms with E-state index in [1.54, 1.807) is 62.3 Å². The molecule has 1 aliphatic rings. The van der Waals surface area contributed by atoms with Crippen LogP contribution in [0.3, 0.4) is 0 Å². The molecule has 0 fully saturated rings. The summed E-state index contributed by atoms with van der Waals surface area (Å²) in [4.78, 5) is 3.59. The average molecular weight is 658 g/mol. The topological polar surface area (TPSA) is 14.2 Å². The summed E-state index contributed by atoms with van der Waals surface area (Å²) in [6.07, 6.45) is 5.45. The molecule has 0 aliphatic heterocycles. The van der Waals surface area contributed by atoms with Crippen molar-refractivity contribution in [3.63, 3.8) is 0 Å². The number of hydrogen-bond acceptors (Lipinski definition) is 2. The van der Waals surface area contributed by atoms with Crippen LogP contribution in [0.15, 0.2) is 49.1 Å². The van der Waals surface area contributed by atoms with Gasteiger partial charge in [0.2, 0.25) is 0 Å². The maximum atomic E-state index is 14.2. The van der Waals surface area contributed by atoms with Crippen molar-refractivity contribution in [1.29, 1.82) is 0 Å². The van der Waals surface area contributed by atoms with Crippen LogP contribution in [-0.2, 0) is 0 Å². The van der Waals surface area contributed by atoms with Gasteiger partial charge in [-0.2, -0.15) is 26.7 Å². The van der Waals surface area contributed by atoms with Crippen LogP contribution in [0.1, 0.15) is 0 Å². The molecule has 40 heavy (non-hydrogen) atoms. The van der Waals surface area contributed by atoms with Gasteiger partial charge in [-0.05, 0) is 0 Å². The van der Waals surface area contributed by atoms with Crippen molar-refractivity contribution in [2.45, 2.75) is 11.8 Å². The van der Waals surface area contributed by atoms with Crippen molar-refractivity contribution in [1.82, 2.24) is 0 Å². The number of nitrogens with zero attached hydrogens (tertiary/aromatic N) is 4. The van der Waals surface area contributed by atoms with Crippen molar-refractivity contribution in [3.05, 3.63) is 49.1 Å². The van der Waals surface area contributed by atoms with Crippen molar-refractivity contribution in [2.24, 2.45) is 0 Å². The Kier molecular flexibility index (Phi) is 7.91. The molecule has 2 heterocycles. The summed E-state index contributed by atoms with van der Waals surface area (Å²) in [5, 5.41) is 0. The molecule has 0 unspecified atom stereocenters. The monoisotopic (exact) mass is 658 g/mol. The Morgan fingerprint density at radius 1 is 0.475 bits per heavy atom. The first-order valence-electron chi connectivity index (χ1n) is 9.99. The van der Waals surface area contributed by atoms with E-state index < -0.39 is 38.9 Å². The van der Waals surface area contributed by atoms with Gasteiger partial charge < -0.3 is 9.80 Å². The fraction of sp³-hybridized carbons (Fsp3) is 0.333. The van der Waals surface area contributed by atoms with Crippen LogP contribution in [0.5, 0.6) is 0 Å². The first-order valence-corrected chi connectivity index (χ1v) is 14.0. The van der Waals surface area contributed by atoms with Crippen molar-refractivity contribution in [2.75, 3.05) is 38.0 Å². The number of hydrogen-bond donors (Lipinski definition) is 0. The number of halogens is 16. The number of rotatable bonds is 4. The second-order valence-electron chi connectivity index (χ2n) is 8.48. The predicted molar refractivity (Wildman–Crippen MR) is 118 cm³/mol. The molecule has 2 aromatic rings. The molecule has 0 saturated heterocycles. The molecule has 0 aromatic carbocycles. The van der Waals surface area contributed by atoms with Crippen LogP contribution in [0, 0.1) is 0 Å². The zero-order chi connectivity index (χ0) is 32.1. The summed E-state index contributed by atoms with van der Waals surface area (Å²) >= 11 is 0. The molecule has 0 spiro atoms. The standard InChI is InChI=1S/C18H20F4N4.2F6P/c1-23(2)13-5-9-25(10-6-13)15-16(18(21,22)17(15,19)20)26-11-7-14(8-12-26)24(3)4;2*1-7(2,3,4,5)6/h5-12H,1-4H3;;/q+2;2*-1. The van der Waals surface area contributed by atoms with E-state index in [4.69, 9.17) is 0 Å². The third kappa shape index (κ3) is 12.3. The van der Waals surface area contributed by atoms with E-state index in [-0.39, 0.29) is 0 Å². The van der Waals surface area contributed by atoms with E-state index in [1.807, 2.05) is 0 Å². The van der Waals surface area contributed by atoms with E-state index in [0.717, 1.165) is 20.5 Å². The van der Waals surface area contributed by atoms with Gasteiger partial charge in [0.15, 0.2) is 24.8 Å². The van der Waals surface area contributed by atoms with Gasteiger partial charge in [-0.3, -0.25) is 0 Å². The Morgan fingerprint density at radius 2 is 0.650 bits per heavy atom. The van der Waals surface area contributed by atoms with Gasteiger partial charge in [-0.25, -0.2) is 0 Å². The Hall–Kier alpha value is -2.62. The molecule has 0 N–H and O–H groups in total. The van der Waals surface area contributed by atoms with E-state index in [2.05, 4.69) is 0 Å². The maximum absolute atomic E-state index is 14.2. The first kappa shape index (κ1) is 35.4. The molecule has 234 valence electrons. The molecule has 2 aromatic heterocycles. The molecule has 1 aliphatic carbocycles. The average Bonchev–Trinajstić information content (AvgIpc) is 2.67. The zero-order valence-corrected chi connectivity index (χ0v) is 22.1. The number of pyridine rings is 2. The summed E-state index contributed by atoms with van der Waals surface area (Å²) < 4.78 is 177. The Bertz CT molecular complexity index is 1130. The van der Waals surface area contributed by atoms with Crippen LogP contribution in [0.25, 0.3) is 11.4 Å². The van der Waals surface area contributed by atoms with Crippen LogP contribution >= 0.6 is 15.6 Å². The summed E-state index contributed by atoms with van der Waals surface area (Å²) in [5.41, 5.74) is 0.104. The molecular formula is C18H20F16N4P2. The normalized spacial score (nSPS) is 19.6. The predicted octanol–water partition coefficient (Wildman–Crippen LogP) is 9.27. The molecular weight excluding hydrogens is 638 g/mol. The fourth-order valence-corrected chi connectivity index (χ4v) is 2.83. The molecule has 4 nitrogen and oxygen atoms in total. The third-order valence-electron chi connectivity index (χ3n) is 4.39. The number of anilines is 2. The summed E-state index contributed by atoms with van der Waals surface area (Å²) in [5.74, 6) is -8.50. The first-order chi connectivity index (χ1) is 17.0. The van der Waals surface area contributed by atoms with E-state index in [9.17, 15) is 67.9 Å². The minimum atomic E-state index is -10.7. The Balaban J connectivity index is 0.000000473. The molecule has 0 radical (unpaired) electrons. The van der Waals surface area contributed by atoms with Crippen molar-refractivity contribution in [3.8, 4) is 0 Å². The zero-order valence-electron chi connectivity index (χ0n) is 20.3. The van der Waals surface area contributed by atoms with E-state index in [0.29, 0.717) is 0 Å². The SMILES string of the molecule is CN(C)c1cc[n+](C2=C([n+]3ccc(N(C)C)cc3)C(F)(F)C2(F)F)cc1.F[P-](F)(F)(F)(F)F.F[P-](F)(F)(F)(F)F. The Morgan fingerprint density at radius 3 is 0.800 bits per heavy atom. The number of alkyl halides is 4. The molecule has 3 rings (SSSR count). The second kappa shape index (κ2) is 8.94. The molecule has 0 amide bonds. The quantitative estimate of drug-likeness (QED) is 0.185. The van der Waals surface area contributed by atoms with Gasteiger partial charge in [-0.1, -0.05) is 0 Å². The van der Waals surface area contributed by atoms with Gasteiger partial charge in [0.1, 0.15) is 0 Å². The van der Waals surface area contributed by atoms with Crippen LogP contribution < -0.4 is 18.9 Å². The van der Waals surface area contributed by atoms with E-state index in [1.165, 1.54) is 24.8 Å². The molecule has 0 saturated carbocycles. The van der Waals surface area contributed by atoms with Gasteiger partial charge in [0.25, 0.3) is 0 Å². The Labute approximate surface area is 215 Å². The van der Waals surface area contributed by atoms with Gasteiger partial charge in [0, 0.05) is 63.8 Å². The summed E-state index contributed by atoms with van der Waals surface area (Å²) in [7, 11) is -14.1. The summed E-state index contributed by atoms with van der Waals surface area (Å²) in [6, 6.07) is 6.38. The van der Waals surface area contributed by atoms with Crippen molar-refractivity contribution >= 4 is 38.4 Å². The van der Waals surface area contributed by atoms with Gasteiger partial charge in [-0.15, -0.1) is 0 Å². The van der Waals surface area contributed by atoms with E-state index >= 15 is 0 Å². The van der Waals surface area contributed by atoms with Crippen LogP contribution in [-0.4, -0.2) is 40.0 Å². The fourth-order valence-electron chi connectivity index (χ4n) is 2.83. The van der Waals surface area contributed by atoms with Gasteiger partial charge >= 0.3 is 89.2 Å². The van der Waals surface area contributed by atoms with Crippen LogP contribution in [0.4, 0.5) is 79.3 Å². The summed E-state index contributed by atoms with van der Waals surface area (Å²) in [6.45, 7) is 0. The number of allylic oxidation sites excluding steroid dienone is 2. The molecule has 0 bridgehead atoms. The second-order valence-corrected chi connectivity index (χ2v) is 12.3. The molecule has 0 atom stereocenters. The van der Waals surface area contributed by atoms with Crippen molar-refractivity contribution < 1.29 is 77.1 Å². The minimum absolute atomic E-state index is 0.726. The van der Waals surface area contributed by atoms with Crippen LogP contribution in [0.2, 0.25) is 0 Å². The third-order valence-corrected chi connectivity index (χ3v) is 4.39. The van der Waals surface area contributed by atoms with Gasteiger partial charge in [0.05, 0.1) is 0 Å². The molecule has 22 heteroatoms.